The lowest BCUT2D eigenvalue weighted by molar-refractivity contribution is 0.304. The lowest BCUT2D eigenvalue weighted by Crippen LogP contribution is -2.36. The predicted molar refractivity (Wildman–Crippen MR) is 42.1 cm³/mol. The standard InChI is InChI=1S/C8H16N2/c1-9-7-4-6-10-5-2-3-8(7)10/h7-9H,2-6H2,1H3. The second-order valence-corrected chi connectivity index (χ2v) is 3.43. The largest absolute Gasteiger partial charge is 0.315 e. The monoisotopic (exact) mass is 140 g/mol. The average Bonchev–Trinajstić information content (AvgIpc) is 2.44. The molecular weight excluding hydrogens is 124 g/mol. The van der Waals surface area contributed by atoms with Gasteiger partial charge in [-0.25, -0.2) is 0 Å². The van der Waals surface area contributed by atoms with Crippen molar-refractivity contribution < 1.29 is 0 Å². The van der Waals surface area contributed by atoms with Crippen molar-refractivity contribution >= 4 is 0 Å². The number of rotatable bonds is 1. The summed E-state index contributed by atoms with van der Waals surface area (Å²) in [6.07, 6.45) is 4.20. The van der Waals surface area contributed by atoms with Gasteiger partial charge in [-0.2, -0.15) is 0 Å². The Hall–Kier alpha value is -0.0800. The number of fused-ring (bicyclic) bond motifs is 1. The molecule has 2 atom stereocenters. The number of likely N-dealkylation sites (N-methyl/N-ethyl adjacent to an activating group) is 1. The molecule has 2 unspecified atom stereocenters. The van der Waals surface area contributed by atoms with E-state index in [0.29, 0.717) is 0 Å². The molecule has 0 radical (unpaired) electrons. The summed E-state index contributed by atoms with van der Waals surface area (Å²) in [7, 11) is 2.09. The maximum atomic E-state index is 3.39. The van der Waals surface area contributed by atoms with Gasteiger partial charge >= 0.3 is 0 Å². The lowest BCUT2D eigenvalue weighted by Gasteiger charge is -2.18. The van der Waals surface area contributed by atoms with Gasteiger partial charge in [0, 0.05) is 18.6 Å². The fourth-order valence-electron chi connectivity index (χ4n) is 2.42. The first-order chi connectivity index (χ1) is 4.92. The summed E-state index contributed by atoms with van der Waals surface area (Å²) in [5, 5.41) is 3.39. The quantitative estimate of drug-likeness (QED) is 0.568. The van der Waals surface area contributed by atoms with Crippen LogP contribution < -0.4 is 5.32 Å². The van der Waals surface area contributed by atoms with Crippen molar-refractivity contribution in [1.82, 2.24) is 10.2 Å². The minimum Gasteiger partial charge on any atom is -0.315 e. The molecule has 58 valence electrons. The van der Waals surface area contributed by atoms with Gasteiger partial charge in [-0.3, -0.25) is 4.90 Å². The molecule has 0 aromatic heterocycles. The molecule has 2 aliphatic rings. The minimum absolute atomic E-state index is 0.794. The van der Waals surface area contributed by atoms with Crippen molar-refractivity contribution in [1.29, 1.82) is 0 Å². The van der Waals surface area contributed by atoms with E-state index >= 15 is 0 Å². The highest BCUT2D eigenvalue weighted by atomic mass is 15.2. The zero-order chi connectivity index (χ0) is 6.97. The van der Waals surface area contributed by atoms with Gasteiger partial charge < -0.3 is 5.32 Å². The zero-order valence-electron chi connectivity index (χ0n) is 6.64. The van der Waals surface area contributed by atoms with Crippen LogP contribution in [0.15, 0.2) is 0 Å². The highest BCUT2D eigenvalue weighted by Gasteiger charge is 2.35. The molecule has 0 saturated carbocycles. The molecule has 10 heavy (non-hydrogen) atoms. The van der Waals surface area contributed by atoms with E-state index in [0.717, 1.165) is 12.1 Å². The normalized spacial score (nSPS) is 40.5. The fraction of sp³-hybridized carbons (Fsp3) is 1.00. The molecule has 2 fully saturated rings. The Kier molecular flexibility index (Phi) is 1.66. The summed E-state index contributed by atoms with van der Waals surface area (Å²) in [6, 6.07) is 1.67. The first-order valence-corrected chi connectivity index (χ1v) is 4.33. The van der Waals surface area contributed by atoms with Crippen LogP contribution in [0, 0.1) is 0 Å². The summed E-state index contributed by atoms with van der Waals surface area (Å²) in [6.45, 7) is 2.68. The van der Waals surface area contributed by atoms with Crippen LogP contribution in [0.1, 0.15) is 19.3 Å². The second kappa shape index (κ2) is 2.51. The molecule has 2 aliphatic heterocycles. The summed E-state index contributed by atoms with van der Waals surface area (Å²) in [5.41, 5.74) is 0. The molecule has 2 heterocycles. The van der Waals surface area contributed by atoms with Crippen LogP contribution in [0.4, 0.5) is 0 Å². The topological polar surface area (TPSA) is 15.3 Å². The van der Waals surface area contributed by atoms with Crippen LogP contribution >= 0.6 is 0 Å². The van der Waals surface area contributed by atoms with E-state index in [9.17, 15) is 0 Å². The molecule has 0 bridgehead atoms. The van der Waals surface area contributed by atoms with Crippen molar-refractivity contribution in [2.45, 2.75) is 31.3 Å². The number of nitrogens with one attached hydrogen (secondary N) is 1. The fourth-order valence-corrected chi connectivity index (χ4v) is 2.42. The molecule has 2 nitrogen and oxygen atoms in total. The van der Waals surface area contributed by atoms with Crippen LogP contribution in [-0.2, 0) is 0 Å². The SMILES string of the molecule is CNC1CCN2CCCC12. The maximum Gasteiger partial charge on any atom is 0.0250 e. The van der Waals surface area contributed by atoms with E-state index in [1.54, 1.807) is 0 Å². The molecule has 2 heteroatoms. The predicted octanol–water partition coefficient (Wildman–Crippen LogP) is 0.442. The molecule has 0 aromatic rings. The Bertz CT molecular complexity index is 124. The van der Waals surface area contributed by atoms with Crippen LogP contribution in [0.3, 0.4) is 0 Å². The Balaban J connectivity index is 2.01. The van der Waals surface area contributed by atoms with E-state index in [4.69, 9.17) is 0 Å². The third kappa shape index (κ3) is 0.867. The van der Waals surface area contributed by atoms with E-state index in [2.05, 4.69) is 17.3 Å². The molecule has 1 N–H and O–H groups in total. The van der Waals surface area contributed by atoms with Crippen molar-refractivity contribution in [3.05, 3.63) is 0 Å². The van der Waals surface area contributed by atoms with Gasteiger partial charge in [0.1, 0.15) is 0 Å². The first-order valence-electron chi connectivity index (χ1n) is 4.33. The van der Waals surface area contributed by atoms with Crippen molar-refractivity contribution in [2.75, 3.05) is 20.1 Å². The molecule has 0 aromatic carbocycles. The third-order valence-electron chi connectivity index (χ3n) is 2.98. The van der Waals surface area contributed by atoms with Gasteiger partial charge in [0.05, 0.1) is 0 Å². The molecule has 0 amide bonds. The van der Waals surface area contributed by atoms with Gasteiger partial charge in [0.2, 0.25) is 0 Å². The Labute approximate surface area is 62.6 Å². The lowest BCUT2D eigenvalue weighted by atomic mass is 10.1. The van der Waals surface area contributed by atoms with Gasteiger partial charge in [-0.15, -0.1) is 0 Å². The van der Waals surface area contributed by atoms with Crippen LogP contribution in [0.25, 0.3) is 0 Å². The summed E-state index contributed by atoms with van der Waals surface area (Å²) < 4.78 is 0. The van der Waals surface area contributed by atoms with E-state index in [1.807, 2.05) is 0 Å². The number of nitrogens with zero attached hydrogens (tertiary/aromatic N) is 1. The maximum absolute atomic E-state index is 3.39. The minimum atomic E-state index is 0.794. The van der Waals surface area contributed by atoms with Gasteiger partial charge in [0.15, 0.2) is 0 Å². The Morgan fingerprint density at radius 1 is 1.30 bits per heavy atom. The van der Waals surface area contributed by atoms with E-state index in [1.165, 1.54) is 32.4 Å². The second-order valence-electron chi connectivity index (χ2n) is 3.43. The first kappa shape index (κ1) is 6.62. The summed E-state index contributed by atoms with van der Waals surface area (Å²) in [5.74, 6) is 0. The number of hydrogen-bond acceptors (Lipinski definition) is 2. The van der Waals surface area contributed by atoms with E-state index in [-0.39, 0.29) is 0 Å². The summed E-state index contributed by atoms with van der Waals surface area (Å²) >= 11 is 0. The van der Waals surface area contributed by atoms with Gasteiger partial charge in [0.25, 0.3) is 0 Å². The van der Waals surface area contributed by atoms with Crippen LogP contribution in [0.5, 0.6) is 0 Å². The third-order valence-corrected chi connectivity index (χ3v) is 2.98. The smallest absolute Gasteiger partial charge is 0.0250 e. The van der Waals surface area contributed by atoms with Crippen molar-refractivity contribution in [3.8, 4) is 0 Å². The van der Waals surface area contributed by atoms with Gasteiger partial charge in [-0.1, -0.05) is 0 Å². The Morgan fingerprint density at radius 3 is 3.00 bits per heavy atom. The zero-order valence-corrected chi connectivity index (χ0v) is 6.64. The molecule has 2 saturated heterocycles. The highest BCUT2D eigenvalue weighted by molar-refractivity contribution is 4.94. The molecule has 2 rings (SSSR count). The Morgan fingerprint density at radius 2 is 2.20 bits per heavy atom. The molecular formula is C8H16N2. The highest BCUT2D eigenvalue weighted by Crippen LogP contribution is 2.27. The summed E-state index contributed by atoms with van der Waals surface area (Å²) in [4.78, 5) is 2.63. The van der Waals surface area contributed by atoms with Crippen molar-refractivity contribution in [2.24, 2.45) is 0 Å². The molecule has 0 spiro atoms. The van der Waals surface area contributed by atoms with Crippen molar-refractivity contribution in [3.63, 3.8) is 0 Å². The van der Waals surface area contributed by atoms with Crippen LogP contribution in [0.2, 0.25) is 0 Å². The average molecular weight is 140 g/mol. The van der Waals surface area contributed by atoms with E-state index < -0.39 is 0 Å². The number of hydrogen-bond donors (Lipinski definition) is 1. The molecule has 0 aliphatic carbocycles. The van der Waals surface area contributed by atoms with Gasteiger partial charge in [-0.05, 0) is 32.9 Å². The van der Waals surface area contributed by atoms with Crippen LogP contribution in [-0.4, -0.2) is 37.1 Å².